The summed E-state index contributed by atoms with van der Waals surface area (Å²) >= 11 is 0. The first-order valence-corrected chi connectivity index (χ1v) is 9.74. The Balaban J connectivity index is 1.69. The lowest BCUT2D eigenvalue weighted by molar-refractivity contribution is -0.155. The Kier molecular flexibility index (Phi) is 6.01. The van der Waals surface area contributed by atoms with Crippen LogP contribution in [0.2, 0.25) is 0 Å². The van der Waals surface area contributed by atoms with Gasteiger partial charge in [0, 0.05) is 19.0 Å². The molecule has 0 saturated heterocycles. The molecule has 0 atom stereocenters. The number of fused-ring (bicyclic) bond motifs is 1. The zero-order valence-electron chi connectivity index (χ0n) is 17.9. The van der Waals surface area contributed by atoms with Gasteiger partial charge >= 0.3 is 5.97 Å². The van der Waals surface area contributed by atoms with E-state index in [1.54, 1.807) is 11.7 Å². The SMILES string of the molecule is Cc1cc(-c2cc3c(nnn3C)c(C#N)n2)ccc1OCCCC(=O)OC(C)(C)C. The molecule has 0 amide bonds. The molecule has 3 rings (SSSR count). The Morgan fingerprint density at radius 3 is 2.70 bits per heavy atom. The molecule has 0 aliphatic carbocycles. The standard InChI is InChI=1S/C22H25N5O3/c1-14-11-15(16-12-18-21(17(13-23)24-16)25-26-27(18)5)8-9-19(14)29-10-6-7-20(28)30-22(2,3)4/h8-9,11-12H,6-7,10H2,1-5H3. The molecule has 8 nitrogen and oxygen atoms in total. The molecule has 0 unspecified atom stereocenters. The number of hydrogen-bond acceptors (Lipinski definition) is 7. The second-order valence-electron chi connectivity index (χ2n) is 8.07. The van der Waals surface area contributed by atoms with Crippen molar-refractivity contribution in [3.05, 3.63) is 35.5 Å². The van der Waals surface area contributed by atoms with Gasteiger partial charge in [0.1, 0.15) is 22.9 Å². The highest BCUT2D eigenvalue weighted by Gasteiger charge is 2.16. The Hall–Kier alpha value is -3.47. The van der Waals surface area contributed by atoms with E-state index in [1.165, 1.54) is 0 Å². The van der Waals surface area contributed by atoms with Crippen LogP contribution in [0.3, 0.4) is 0 Å². The summed E-state index contributed by atoms with van der Waals surface area (Å²) in [6, 6.07) is 9.69. The van der Waals surface area contributed by atoms with E-state index < -0.39 is 5.60 Å². The number of esters is 1. The van der Waals surface area contributed by atoms with Crippen LogP contribution in [0.5, 0.6) is 5.75 Å². The summed E-state index contributed by atoms with van der Waals surface area (Å²) < 4.78 is 12.7. The third kappa shape index (κ3) is 4.92. The monoisotopic (exact) mass is 407 g/mol. The summed E-state index contributed by atoms with van der Waals surface area (Å²) in [5.74, 6) is 0.518. The summed E-state index contributed by atoms with van der Waals surface area (Å²) in [5.41, 5.74) is 3.49. The topological polar surface area (TPSA) is 103 Å². The van der Waals surface area contributed by atoms with Gasteiger partial charge < -0.3 is 9.47 Å². The number of aromatic nitrogens is 4. The Labute approximate surface area is 175 Å². The van der Waals surface area contributed by atoms with Crippen molar-refractivity contribution >= 4 is 17.0 Å². The summed E-state index contributed by atoms with van der Waals surface area (Å²) in [7, 11) is 1.78. The molecule has 30 heavy (non-hydrogen) atoms. The molecule has 2 heterocycles. The summed E-state index contributed by atoms with van der Waals surface area (Å²) in [6.07, 6.45) is 0.890. The Morgan fingerprint density at radius 1 is 1.27 bits per heavy atom. The third-order valence-corrected chi connectivity index (χ3v) is 4.38. The van der Waals surface area contributed by atoms with Crippen LogP contribution in [-0.2, 0) is 16.6 Å². The van der Waals surface area contributed by atoms with E-state index >= 15 is 0 Å². The number of carbonyl (C=O) groups excluding carboxylic acids is 1. The van der Waals surface area contributed by atoms with Crippen LogP contribution in [0.25, 0.3) is 22.3 Å². The van der Waals surface area contributed by atoms with Crippen molar-refractivity contribution < 1.29 is 14.3 Å². The predicted molar refractivity (Wildman–Crippen MR) is 112 cm³/mol. The van der Waals surface area contributed by atoms with Crippen molar-refractivity contribution in [3.63, 3.8) is 0 Å². The van der Waals surface area contributed by atoms with Gasteiger partial charge in [-0.1, -0.05) is 5.21 Å². The van der Waals surface area contributed by atoms with E-state index in [-0.39, 0.29) is 11.7 Å². The first-order chi connectivity index (χ1) is 14.2. The molecule has 1 aromatic carbocycles. The molecule has 0 aliphatic rings. The van der Waals surface area contributed by atoms with E-state index in [4.69, 9.17) is 9.47 Å². The lowest BCUT2D eigenvalue weighted by Crippen LogP contribution is -2.23. The number of rotatable bonds is 6. The van der Waals surface area contributed by atoms with Gasteiger partial charge in [0.2, 0.25) is 0 Å². The number of aryl methyl sites for hydroxylation is 2. The normalized spacial score (nSPS) is 11.3. The Bertz CT molecular complexity index is 1120. The van der Waals surface area contributed by atoms with Crippen LogP contribution in [0.4, 0.5) is 0 Å². The van der Waals surface area contributed by atoms with Gasteiger partial charge in [-0.3, -0.25) is 4.79 Å². The summed E-state index contributed by atoms with van der Waals surface area (Å²) in [4.78, 5) is 16.2. The van der Waals surface area contributed by atoms with E-state index in [1.807, 2.05) is 52.0 Å². The van der Waals surface area contributed by atoms with Gasteiger partial charge in [0.25, 0.3) is 0 Å². The number of nitriles is 1. The van der Waals surface area contributed by atoms with Gasteiger partial charge in [0.05, 0.1) is 17.8 Å². The number of pyridine rings is 1. The van der Waals surface area contributed by atoms with Gasteiger partial charge in [-0.15, -0.1) is 5.10 Å². The lowest BCUT2D eigenvalue weighted by Gasteiger charge is -2.19. The first-order valence-electron chi connectivity index (χ1n) is 9.74. The fourth-order valence-corrected chi connectivity index (χ4v) is 3.02. The number of nitrogens with zero attached hydrogens (tertiary/aromatic N) is 5. The maximum absolute atomic E-state index is 11.8. The quantitative estimate of drug-likeness (QED) is 0.453. The highest BCUT2D eigenvalue weighted by Crippen LogP contribution is 2.28. The molecule has 2 aromatic heterocycles. The lowest BCUT2D eigenvalue weighted by atomic mass is 10.1. The molecule has 0 aliphatic heterocycles. The molecule has 0 fully saturated rings. The molecule has 156 valence electrons. The summed E-state index contributed by atoms with van der Waals surface area (Å²) in [5, 5.41) is 17.4. The number of hydrogen-bond donors (Lipinski definition) is 0. The van der Waals surface area contributed by atoms with Crippen LogP contribution in [0.15, 0.2) is 24.3 Å². The van der Waals surface area contributed by atoms with Gasteiger partial charge in [0.15, 0.2) is 5.69 Å². The molecule has 0 radical (unpaired) electrons. The zero-order chi connectivity index (χ0) is 21.9. The van der Waals surface area contributed by atoms with Crippen LogP contribution in [0.1, 0.15) is 44.9 Å². The van der Waals surface area contributed by atoms with E-state index in [2.05, 4.69) is 21.4 Å². The third-order valence-electron chi connectivity index (χ3n) is 4.38. The largest absolute Gasteiger partial charge is 0.493 e. The zero-order valence-corrected chi connectivity index (χ0v) is 17.9. The van der Waals surface area contributed by atoms with Gasteiger partial charge in [-0.05, 0) is 63.9 Å². The van der Waals surface area contributed by atoms with Crippen LogP contribution in [-0.4, -0.2) is 38.2 Å². The first kappa shape index (κ1) is 21.2. The second-order valence-corrected chi connectivity index (χ2v) is 8.07. The number of benzene rings is 1. The van der Waals surface area contributed by atoms with Crippen molar-refractivity contribution in [1.82, 2.24) is 20.0 Å². The average molecular weight is 407 g/mol. The maximum Gasteiger partial charge on any atom is 0.306 e. The summed E-state index contributed by atoms with van der Waals surface area (Å²) in [6.45, 7) is 7.92. The van der Waals surface area contributed by atoms with Crippen molar-refractivity contribution in [3.8, 4) is 23.1 Å². The molecule has 3 aromatic rings. The van der Waals surface area contributed by atoms with Crippen molar-refractivity contribution in [2.24, 2.45) is 7.05 Å². The number of ether oxygens (including phenoxy) is 2. The molecule has 0 saturated carbocycles. The van der Waals surface area contributed by atoms with E-state index in [0.717, 1.165) is 22.4 Å². The smallest absolute Gasteiger partial charge is 0.306 e. The van der Waals surface area contributed by atoms with E-state index in [9.17, 15) is 10.1 Å². The molecule has 8 heteroatoms. The maximum atomic E-state index is 11.8. The molecular formula is C22H25N5O3. The Morgan fingerprint density at radius 2 is 2.03 bits per heavy atom. The molecule has 0 spiro atoms. The fourth-order valence-electron chi connectivity index (χ4n) is 3.02. The van der Waals surface area contributed by atoms with Gasteiger partial charge in [-0.25, -0.2) is 9.67 Å². The van der Waals surface area contributed by atoms with Crippen LogP contribution < -0.4 is 4.74 Å². The molecule has 0 N–H and O–H groups in total. The predicted octanol–water partition coefficient (Wildman–Crippen LogP) is 3.71. The minimum atomic E-state index is -0.474. The van der Waals surface area contributed by atoms with Crippen molar-refractivity contribution in [2.45, 2.75) is 46.1 Å². The fraction of sp³-hybridized carbons (Fsp3) is 0.409. The molecule has 0 bridgehead atoms. The van der Waals surface area contributed by atoms with Crippen molar-refractivity contribution in [1.29, 1.82) is 5.26 Å². The highest BCUT2D eigenvalue weighted by molar-refractivity contribution is 5.83. The second kappa shape index (κ2) is 8.49. The minimum absolute atomic E-state index is 0.224. The number of carbonyl (C=O) groups is 1. The van der Waals surface area contributed by atoms with Crippen LogP contribution in [0, 0.1) is 18.3 Å². The van der Waals surface area contributed by atoms with E-state index in [0.29, 0.717) is 30.7 Å². The van der Waals surface area contributed by atoms with Crippen LogP contribution >= 0.6 is 0 Å². The van der Waals surface area contributed by atoms with Gasteiger partial charge in [-0.2, -0.15) is 5.26 Å². The minimum Gasteiger partial charge on any atom is -0.493 e. The highest BCUT2D eigenvalue weighted by atomic mass is 16.6. The average Bonchev–Trinajstić information content (AvgIpc) is 3.05. The van der Waals surface area contributed by atoms with Crippen molar-refractivity contribution in [2.75, 3.05) is 6.61 Å². The molecular weight excluding hydrogens is 382 g/mol.